The summed E-state index contributed by atoms with van der Waals surface area (Å²) in [6.07, 6.45) is 11.8. The molecule has 2 unspecified atom stereocenters. The van der Waals surface area contributed by atoms with Crippen molar-refractivity contribution in [2.45, 2.75) is 88.1 Å². The Hall–Kier alpha value is -1.12. The third-order valence-corrected chi connectivity index (χ3v) is 6.30. The summed E-state index contributed by atoms with van der Waals surface area (Å²) in [5.74, 6) is 0.988. The fraction of sp³-hybridized carbons (Fsp3) is 0.850. The minimum atomic E-state index is -0.448. The second kappa shape index (κ2) is 11.2. The molecule has 0 aromatic carbocycles. The van der Waals surface area contributed by atoms with Crippen LogP contribution in [0.2, 0.25) is 0 Å². The maximum absolute atomic E-state index is 12.2. The SMILES string of the molecule is CSc1nnc(CCCNC(=O)C(C)OCC2CCCCO2)n1C1CCCC1. The van der Waals surface area contributed by atoms with E-state index < -0.39 is 6.10 Å². The van der Waals surface area contributed by atoms with Crippen LogP contribution in [0.25, 0.3) is 0 Å². The Morgan fingerprint density at radius 3 is 2.79 bits per heavy atom. The van der Waals surface area contributed by atoms with Gasteiger partial charge in [-0.3, -0.25) is 4.79 Å². The van der Waals surface area contributed by atoms with Gasteiger partial charge in [0, 0.05) is 25.6 Å². The molecule has 2 heterocycles. The van der Waals surface area contributed by atoms with Crippen molar-refractivity contribution in [2.75, 3.05) is 26.0 Å². The lowest BCUT2D eigenvalue weighted by Crippen LogP contribution is -2.37. The Morgan fingerprint density at radius 1 is 1.29 bits per heavy atom. The average Bonchev–Trinajstić information content (AvgIpc) is 3.39. The first-order valence-corrected chi connectivity index (χ1v) is 11.9. The fourth-order valence-electron chi connectivity index (χ4n) is 4.01. The zero-order valence-electron chi connectivity index (χ0n) is 17.2. The third-order valence-electron chi connectivity index (χ3n) is 5.66. The first kappa shape index (κ1) is 21.6. The summed E-state index contributed by atoms with van der Waals surface area (Å²) in [6.45, 7) is 3.73. The van der Waals surface area contributed by atoms with Crippen LogP contribution in [0.15, 0.2) is 5.16 Å². The monoisotopic (exact) mass is 410 g/mol. The van der Waals surface area contributed by atoms with Crippen molar-refractivity contribution in [2.24, 2.45) is 0 Å². The van der Waals surface area contributed by atoms with Crippen molar-refractivity contribution in [1.82, 2.24) is 20.1 Å². The molecule has 1 amide bonds. The highest BCUT2D eigenvalue weighted by Crippen LogP contribution is 2.33. The smallest absolute Gasteiger partial charge is 0.248 e. The molecule has 1 aliphatic heterocycles. The van der Waals surface area contributed by atoms with E-state index in [1.807, 2.05) is 0 Å². The summed E-state index contributed by atoms with van der Waals surface area (Å²) in [5, 5.41) is 12.7. The lowest BCUT2D eigenvalue weighted by molar-refractivity contribution is -0.135. The number of thioether (sulfide) groups is 1. The van der Waals surface area contributed by atoms with Gasteiger partial charge in [0.2, 0.25) is 5.91 Å². The lowest BCUT2D eigenvalue weighted by Gasteiger charge is -2.23. The Labute approximate surface area is 172 Å². The fourth-order valence-corrected chi connectivity index (χ4v) is 4.59. The zero-order valence-corrected chi connectivity index (χ0v) is 18.0. The molecule has 3 rings (SSSR count). The molecule has 2 aliphatic rings. The second-order valence-electron chi connectivity index (χ2n) is 7.77. The van der Waals surface area contributed by atoms with E-state index in [-0.39, 0.29) is 12.0 Å². The number of carbonyl (C=O) groups is 1. The molecule has 1 N–H and O–H groups in total. The van der Waals surface area contributed by atoms with Crippen LogP contribution in [-0.2, 0) is 20.7 Å². The zero-order chi connectivity index (χ0) is 19.8. The van der Waals surface area contributed by atoms with Crippen molar-refractivity contribution < 1.29 is 14.3 Å². The van der Waals surface area contributed by atoms with Gasteiger partial charge in [-0.15, -0.1) is 10.2 Å². The molecule has 0 radical (unpaired) electrons. The maximum Gasteiger partial charge on any atom is 0.248 e. The number of hydrogen-bond acceptors (Lipinski definition) is 6. The molecule has 1 saturated carbocycles. The van der Waals surface area contributed by atoms with Crippen LogP contribution in [0.5, 0.6) is 0 Å². The first-order chi connectivity index (χ1) is 13.7. The second-order valence-corrected chi connectivity index (χ2v) is 8.54. The summed E-state index contributed by atoms with van der Waals surface area (Å²) >= 11 is 1.66. The number of nitrogens with zero attached hydrogens (tertiary/aromatic N) is 3. The predicted octanol–water partition coefficient (Wildman–Crippen LogP) is 3.14. The Kier molecular flexibility index (Phi) is 8.61. The maximum atomic E-state index is 12.2. The van der Waals surface area contributed by atoms with Gasteiger partial charge < -0.3 is 19.4 Å². The lowest BCUT2D eigenvalue weighted by atomic mass is 10.1. The average molecular weight is 411 g/mol. The molecule has 0 bridgehead atoms. The summed E-state index contributed by atoms with van der Waals surface area (Å²) in [6, 6.07) is 0.539. The number of rotatable bonds is 10. The van der Waals surface area contributed by atoms with Crippen molar-refractivity contribution in [1.29, 1.82) is 0 Å². The van der Waals surface area contributed by atoms with Gasteiger partial charge >= 0.3 is 0 Å². The van der Waals surface area contributed by atoms with Crippen molar-refractivity contribution in [3.63, 3.8) is 0 Å². The van der Waals surface area contributed by atoms with Gasteiger partial charge in [0.25, 0.3) is 0 Å². The molecule has 8 heteroatoms. The molecule has 1 aromatic rings. The summed E-state index contributed by atoms with van der Waals surface area (Å²) < 4.78 is 13.7. The van der Waals surface area contributed by atoms with E-state index in [4.69, 9.17) is 9.47 Å². The van der Waals surface area contributed by atoms with Crippen LogP contribution >= 0.6 is 11.8 Å². The first-order valence-electron chi connectivity index (χ1n) is 10.7. The van der Waals surface area contributed by atoms with Crippen molar-refractivity contribution in [3.05, 3.63) is 5.82 Å². The molecule has 1 aromatic heterocycles. The highest BCUT2D eigenvalue weighted by atomic mass is 32.2. The van der Waals surface area contributed by atoms with Gasteiger partial charge in [-0.05, 0) is 51.7 Å². The number of aryl methyl sites for hydroxylation is 1. The van der Waals surface area contributed by atoms with Crippen LogP contribution in [0.1, 0.15) is 70.2 Å². The molecular weight excluding hydrogens is 376 g/mol. The van der Waals surface area contributed by atoms with Gasteiger partial charge in [0.05, 0.1) is 12.7 Å². The Balaban J connectivity index is 1.38. The quantitative estimate of drug-likeness (QED) is 0.472. The largest absolute Gasteiger partial charge is 0.376 e. The van der Waals surface area contributed by atoms with Gasteiger partial charge in [0.15, 0.2) is 5.16 Å². The Bertz CT molecular complexity index is 613. The van der Waals surface area contributed by atoms with Crippen LogP contribution in [0.3, 0.4) is 0 Å². The molecule has 1 aliphatic carbocycles. The van der Waals surface area contributed by atoms with E-state index in [2.05, 4.69) is 26.3 Å². The summed E-state index contributed by atoms with van der Waals surface area (Å²) in [4.78, 5) is 12.2. The number of amides is 1. The number of hydrogen-bond donors (Lipinski definition) is 1. The minimum Gasteiger partial charge on any atom is -0.376 e. The van der Waals surface area contributed by atoms with E-state index in [9.17, 15) is 4.79 Å². The highest BCUT2D eigenvalue weighted by Gasteiger charge is 2.23. The number of nitrogens with one attached hydrogen (secondary N) is 1. The molecule has 0 spiro atoms. The van der Waals surface area contributed by atoms with Gasteiger partial charge in [-0.1, -0.05) is 24.6 Å². The summed E-state index contributed by atoms with van der Waals surface area (Å²) in [5.41, 5.74) is 0. The van der Waals surface area contributed by atoms with Crippen LogP contribution in [0.4, 0.5) is 0 Å². The third kappa shape index (κ3) is 5.94. The van der Waals surface area contributed by atoms with Crippen LogP contribution < -0.4 is 5.32 Å². The van der Waals surface area contributed by atoms with E-state index in [1.54, 1.807) is 18.7 Å². The molecule has 28 heavy (non-hydrogen) atoms. The van der Waals surface area contributed by atoms with Crippen molar-refractivity contribution in [3.8, 4) is 0 Å². The van der Waals surface area contributed by atoms with Crippen LogP contribution in [-0.4, -0.2) is 58.9 Å². The highest BCUT2D eigenvalue weighted by molar-refractivity contribution is 7.98. The van der Waals surface area contributed by atoms with E-state index in [0.29, 0.717) is 19.2 Å². The summed E-state index contributed by atoms with van der Waals surface area (Å²) in [7, 11) is 0. The van der Waals surface area contributed by atoms with Gasteiger partial charge in [-0.25, -0.2) is 0 Å². The number of aromatic nitrogens is 3. The Morgan fingerprint density at radius 2 is 2.07 bits per heavy atom. The predicted molar refractivity (Wildman–Crippen MR) is 110 cm³/mol. The topological polar surface area (TPSA) is 78.3 Å². The normalized spacial score (nSPS) is 21.7. The van der Waals surface area contributed by atoms with Crippen LogP contribution in [0, 0.1) is 0 Å². The standard InChI is InChI=1S/C20H34N4O3S/c1-15(27-14-17-10-5-6-13-26-17)19(25)21-12-7-11-18-22-23-20(28-2)24(18)16-8-3-4-9-16/h15-17H,3-14H2,1-2H3,(H,21,25). The molecular formula is C20H34N4O3S. The molecule has 158 valence electrons. The van der Waals surface area contributed by atoms with E-state index >= 15 is 0 Å². The molecule has 1 saturated heterocycles. The minimum absolute atomic E-state index is 0.0575. The van der Waals surface area contributed by atoms with Gasteiger partial charge in [-0.2, -0.15) is 0 Å². The number of carbonyl (C=O) groups excluding carboxylic acids is 1. The van der Waals surface area contributed by atoms with Crippen molar-refractivity contribution >= 4 is 17.7 Å². The molecule has 2 fully saturated rings. The van der Waals surface area contributed by atoms with E-state index in [1.165, 1.54) is 32.1 Å². The van der Waals surface area contributed by atoms with Gasteiger partial charge in [0.1, 0.15) is 11.9 Å². The molecule has 2 atom stereocenters. The number of ether oxygens (including phenoxy) is 2. The molecule has 7 nitrogen and oxygen atoms in total. The van der Waals surface area contributed by atoms with E-state index in [0.717, 1.165) is 43.3 Å².